The third-order valence-electron chi connectivity index (χ3n) is 3.89. The molecule has 0 radical (unpaired) electrons. The highest BCUT2D eigenvalue weighted by Gasteiger charge is 2.29. The number of aryl methyl sites for hydroxylation is 1. The van der Waals surface area contributed by atoms with Gasteiger partial charge in [0.15, 0.2) is 5.92 Å². The molecule has 0 bridgehead atoms. The number of anilines is 1. The van der Waals surface area contributed by atoms with Crippen LogP contribution in [-0.2, 0) is 11.2 Å². The van der Waals surface area contributed by atoms with E-state index in [1.54, 1.807) is 4.90 Å². The summed E-state index contributed by atoms with van der Waals surface area (Å²) in [6, 6.07) is 19.4. The minimum Gasteiger partial charge on any atom is -0.311 e. The molecule has 3 heteroatoms. The highest BCUT2D eigenvalue weighted by atomic mass is 16.2. The van der Waals surface area contributed by atoms with E-state index in [4.69, 9.17) is 0 Å². The second-order valence-corrected chi connectivity index (χ2v) is 5.19. The summed E-state index contributed by atoms with van der Waals surface area (Å²) < 4.78 is 0. The van der Waals surface area contributed by atoms with Gasteiger partial charge >= 0.3 is 0 Å². The molecule has 1 aliphatic heterocycles. The molecular weight excluding hydrogens is 260 g/mol. The van der Waals surface area contributed by atoms with Crippen molar-refractivity contribution >= 4 is 11.6 Å². The van der Waals surface area contributed by atoms with Crippen LogP contribution in [0.15, 0.2) is 54.6 Å². The molecular formula is C18H16N2O. The summed E-state index contributed by atoms with van der Waals surface area (Å²) in [7, 11) is 0. The van der Waals surface area contributed by atoms with E-state index < -0.39 is 5.92 Å². The van der Waals surface area contributed by atoms with Crippen LogP contribution in [0.5, 0.6) is 0 Å². The summed E-state index contributed by atoms with van der Waals surface area (Å²) in [6.45, 7) is 0.681. The molecule has 0 aromatic heterocycles. The SMILES string of the molecule is N#CC(C(=O)N1CCCc2ccccc21)c1ccccc1. The number of amides is 1. The average molecular weight is 276 g/mol. The quantitative estimate of drug-likeness (QED) is 0.845. The second-order valence-electron chi connectivity index (χ2n) is 5.19. The molecule has 3 nitrogen and oxygen atoms in total. The van der Waals surface area contributed by atoms with Crippen molar-refractivity contribution in [1.29, 1.82) is 5.26 Å². The number of carbonyl (C=O) groups is 1. The molecule has 1 aliphatic rings. The van der Waals surface area contributed by atoms with E-state index in [9.17, 15) is 10.1 Å². The molecule has 0 N–H and O–H groups in total. The van der Waals surface area contributed by atoms with Crippen LogP contribution in [0, 0.1) is 11.3 Å². The van der Waals surface area contributed by atoms with Crippen LogP contribution in [0.1, 0.15) is 23.5 Å². The number of hydrogen-bond acceptors (Lipinski definition) is 2. The molecule has 1 unspecified atom stereocenters. The van der Waals surface area contributed by atoms with Crippen LogP contribution >= 0.6 is 0 Å². The third-order valence-corrected chi connectivity index (χ3v) is 3.89. The Kier molecular flexibility index (Phi) is 3.70. The summed E-state index contributed by atoms with van der Waals surface area (Å²) in [6.07, 6.45) is 1.93. The van der Waals surface area contributed by atoms with Crippen LogP contribution in [0.25, 0.3) is 0 Å². The maximum atomic E-state index is 12.8. The summed E-state index contributed by atoms with van der Waals surface area (Å²) >= 11 is 0. The fourth-order valence-electron chi connectivity index (χ4n) is 2.84. The predicted octanol–water partition coefficient (Wildman–Crippen LogP) is 3.27. The van der Waals surface area contributed by atoms with E-state index in [2.05, 4.69) is 12.1 Å². The maximum Gasteiger partial charge on any atom is 0.248 e. The fraction of sp³-hybridized carbons (Fsp3) is 0.222. The van der Waals surface area contributed by atoms with Gasteiger partial charge in [-0.25, -0.2) is 0 Å². The normalized spacial score (nSPS) is 14.9. The first-order valence-corrected chi connectivity index (χ1v) is 7.15. The van der Waals surface area contributed by atoms with Gasteiger partial charge in [0.1, 0.15) is 0 Å². The molecule has 104 valence electrons. The van der Waals surface area contributed by atoms with E-state index in [0.717, 1.165) is 24.1 Å². The van der Waals surface area contributed by atoms with E-state index >= 15 is 0 Å². The van der Waals surface area contributed by atoms with Crippen molar-refractivity contribution in [1.82, 2.24) is 0 Å². The molecule has 21 heavy (non-hydrogen) atoms. The molecule has 0 aliphatic carbocycles. The van der Waals surface area contributed by atoms with Gasteiger partial charge < -0.3 is 4.90 Å². The maximum absolute atomic E-state index is 12.8. The highest BCUT2D eigenvalue weighted by molar-refractivity contribution is 6.00. The van der Waals surface area contributed by atoms with Crippen molar-refractivity contribution in [2.75, 3.05) is 11.4 Å². The largest absolute Gasteiger partial charge is 0.311 e. The van der Waals surface area contributed by atoms with Gasteiger partial charge in [-0.3, -0.25) is 4.79 Å². The zero-order valence-corrected chi connectivity index (χ0v) is 11.7. The van der Waals surface area contributed by atoms with E-state index in [-0.39, 0.29) is 5.91 Å². The second kappa shape index (κ2) is 5.80. The van der Waals surface area contributed by atoms with Crippen LogP contribution in [0.2, 0.25) is 0 Å². The Morgan fingerprint density at radius 1 is 1.10 bits per heavy atom. The first-order valence-electron chi connectivity index (χ1n) is 7.15. The van der Waals surface area contributed by atoms with E-state index in [0.29, 0.717) is 6.54 Å². The minimum atomic E-state index is -0.739. The Morgan fingerprint density at radius 3 is 2.57 bits per heavy atom. The van der Waals surface area contributed by atoms with Crippen molar-refractivity contribution in [3.63, 3.8) is 0 Å². The lowest BCUT2D eigenvalue weighted by Gasteiger charge is -2.30. The molecule has 0 fully saturated rings. The van der Waals surface area contributed by atoms with Gasteiger partial charge in [-0.1, -0.05) is 48.5 Å². The van der Waals surface area contributed by atoms with Crippen LogP contribution in [0.4, 0.5) is 5.69 Å². The van der Waals surface area contributed by atoms with Crippen molar-refractivity contribution < 1.29 is 4.79 Å². The number of hydrogen-bond donors (Lipinski definition) is 0. The summed E-state index contributed by atoms with van der Waals surface area (Å²) in [5.41, 5.74) is 2.89. The monoisotopic (exact) mass is 276 g/mol. The first kappa shape index (κ1) is 13.4. The average Bonchev–Trinajstić information content (AvgIpc) is 2.56. The molecule has 0 saturated heterocycles. The molecule has 0 saturated carbocycles. The zero-order valence-electron chi connectivity index (χ0n) is 11.7. The van der Waals surface area contributed by atoms with Crippen molar-refractivity contribution in [2.24, 2.45) is 0 Å². The molecule has 1 atom stereocenters. The lowest BCUT2D eigenvalue weighted by atomic mass is 9.96. The molecule has 2 aromatic carbocycles. The summed E-state index contributed by atoms with van der Waals surface area (Å²) in [5, 5.41) is 9.43. The lowest BCUT2D eigenvalue weighted by Crippen LogP contribution is -2.38. The highest BCUT2D eigenvalue weighted by Crippen LogP contribution is 2.29. The Balaban J connectivity index is 1.94. The molecule has 1 heterocycles. The number of nitriles is 1. The Morgan fingerprint density at radius 2 is 1.81 bits per heavy atom. The van der Waals surface area contributed by atoms with Gasteiger partial charge in [0.2, 0.25) is 5.91 Å². The number of benzene rings is 2. The van der Waals surface area contributed by atoms with Gasteiger partial charge in [0.25, 0.3) is 0 Å². The number of fused-ring (bicyclic) bond motifs is 1. The molecule has 3 rings (SSSR count). The number of carbonyl (C=O) groups excluding carboxylic acids is 1. The topological polar surface area (TPSA) is 44.1 Å². The molecule has 2 aromatic rings. The van der Waals surface area contributed by atoms with Crippen molar-refractivity contribution in [3.8, 4) is 6.07 Å². The van der Waals surface area contributed by atoms with Crippen molar-refractivity contribution in [3.05, 3.63) is 65.7 Å². The first-order chi connectivity index (χ1) is 10.3. The summed E-state index contributed by atoms with van der Waals surface area (Å²) in [5.74, 6) is -0.867. The minimum absolute atomic E-state index is 0.129. The Hall–Kier alpha value is -2.60. The number of nitrogens with zero attached hydrogens (tertiary/aromatic N) is 2. The van der Waals surface area contributed by atoms with Crippen molar-refractivity contribution in [2.45, 2.75) is 18.8 Å². The van der Waals surface area contributed by atoms with Crippen LogP contribution in [0.3, 0.4) is 0 Å². The Labute approximate surface area is 124 Å². The molecule has 0 spiro atoms. The smallest absolute Gasteiger partial charge is 0.248 e. The van der Waals surface area contributed by atoms with E-state index in [1.807, 2.05) is 48.5 Å². The van der Waals surface area contributed by atoms with Gasteiger partial charge in [-0.15, -0.1) is 0 Å². The van der Waals surface area contributed by atoms with Gasteiger partial charge in [-0.2, -0.15) is 5.26 Å². The standard InChI is InChI=1S/C18H16N2O/c19-13-16(14-7-2-1-3-8-14)18(21)20-12-6-10-15-9-4-5-11-17(15)20/h1-5,7-9,11,16H,6,10,12H2. The van der Waals surface area contributed by atoms with Crippen LogP contribution < -0.4 is 4.90 Å². The molecule has 1 amide bonds. The van der Waals surface area contributed by atoms with Gasteiger partial charge in [0, 0.05) is 12.2 Å². The predicted molar refractivity (Wildman–Crippen MR) is 81.9 cm³/mol. The number of para-hydroxylation sites is 1. The third kappa shape index (κ3) is 2.53. The van der Waals surface area contributed by atoms with E-state index in [1.165, 1.54) is 5.56 Å². The zero-order chi connectivity index (χ0) is 14.7. The summed E-state index contributed by atoms with van der Waals surface area (Å²) in [4.78, 5) is 14.6. The lowest BCUT2D eigenvalue weighted by molar-refractivity contribution is -0.119. The fourth-order valence-corrected chi connectivity index (χ4v) is 2.84. The number of rotatable bonds is 2. The van der Waals surface area contributed by atoms with Crippen LogP contribution in [-0.4, -0.2) is 12.5 Å². The Bertz CT molecular complexity index is 688. The van der Waals surface area contributed by atoms with Gasteiger partial charge in [0.05, 0.1) is 6.07 Å². The van der Waals surface area contributed by atoms with Gasteiger partial charge in [-0.05, 0) is 30.0 Å².